The third-order valence-corrected chi connectivity index (χ3v) is 21.5. The number of phenolic OH excluding ortho intramolecular Hbond substituents is 3. The molecule has 0 bridgehead atoms. The van der Waals surface area contributed by atoms with Gasteiger partial charge in [-0.3, -0.25) is 46.5 Å². The molecule has 0 saturated heterocycles. The topological polar surface area (TPSA) is 744 Å². The highest BCUT2D eigenvalue weighted by Crippen LogP contribution is 2.51. The number of carboxylic acid groups (broad SMARTS) is 1. The number of non-ortho nitro benzene ring substituents is 1. The fraction of sp³-hybridized carbons (Fsp3) is 0.109. The van der Waals surface area contributed by atoms with Crippen LogP contribution in [0.4, 0.5) is 68.2 Å². The number of nitro benzene ring substituents is 1. The number of nitrogens with zero attached hydrogens (tertiary/aromatic N) is 11. The van der Waals surface area contributed by atoms with Crippen molar-refractivity contribution in [3.8, 4) is 28.7 Å². The molecule has 0 radical (unpaired) electrons. The lowest BCUT2D eigenvalue weighted by molar-refractivity contribution is -0.385. The van der Waals surface area contributed by atoms with Gasteiger partial charge in [-0.2, -0.15) is 77.6 Å². The number of hydrogen-bond donors (Lipinski definition) is 13. The first-order valence-electron chi connectivity index (χ1n) is 28.4. The van der Waals surface area contributed by atoms with Gasteiger partial charge < -0.3 is 35.6 Å². The Hall–Kier alpha value is -11.3. The minimum Gasteiger partial charge on any atom is -0.507 e. The molecule has 0 amide bonds. The van der Waals surface area contributed by atoms with Crippen LogP contribution in [0, 0.1) is 24.0 Å². The highest BCUT2D eigenvalue weighted by atomic mass is 32.2. The number of benzene rings is 9. The molecule has 0 aliphatic carbocycles. The van der Waals surface area contributed by atoms with Gasteiger partial charge in [0.2, 0.25) is 0 Å². The summed E-state index contributed by atoms with van der Waals surface area (Å²) in [7, 11) is -43.1. The summed E-state index contributed by atoms with van der Waals surface area (Å²) in [6.45, 7) is 1.12. The van der Waals surface area contributed by atoms with E-state index in [1.165, 1.54) is 19.9 Å². The number of phenols is 3. The van der Waals surface area contributed by atoms with Crippen molar-refractivity contribution < 1.29 is 143 Å². The Morgan fingerprint density at radius 3 is 1.42 bits per heavy atom. The number of azo groups is 5. The highest BCUT2D eigenvalue weighted by Gasteiger charge is 2.32. The molecule has 0 aliphatic rings. The minimum absolute atomic E-state index is 0.0478. The van der Waals surface area contributed by atoms with Crippen molar-refractivity contribution in [3.05, 3.63) is 118 Å². The molecule has 0 saturated carbocycles. The fourth-order valence-corrected chi connectivity index (χ4v) is 14.9. The average molecular weight is 1660 g/mol. The molecule has 53 heteroatoms. The third kappa shape index (κ3) is 18.0. The van der Waals surface area contributed by atoms with Crippen molar-refractivity contribution >= 4 is 187 Å². The molecule has 570 valence electrons. The Balaban J connectivity index is 1.13. The Bertz CT molecular complexity index is 6580. The number of nitrogens with two attached hydrogens (primary N) is 1. The van der Waals surface area contributed by atoms with Crippen LogP contribution in [0.5, 0.6) is 28.7 Å². The lowest BCUT2D eigenvalue weighted by Gasteiger charge is -2.15. The first-order valence-corrected chi connectivity index (χ1v) is 40.1. The lowest BCUT2D eigenvalue weighted by Crippen LogP contribution is -2.09. The highest BCUT2D eigenvalue weighted by molar-refractivity contribution is 7.88. The zero-order valence-corrected chi connectivity index (χ0v) is 59.8. The zero-order valence-electron chi connectivity index (χ0n) is 53.3. The number of nitrogen functional groups attached to an aromatic ring is 1. The maximum atomic E-state index is 13.3. The van der Waals surface area contributed by atoms with Crippen LogP contribution < -0.4 is 15.2 Å². The summed E-state index contributed by atoms with van der Waals surface area (Å²) < 4.78 is 292. The largest absolute Gasteiger partial charge is 0.507 e. The Morgan fingerprint density at radius 1 is 0.444 bits per heavy atom. The molecule has 14 N–H and O–H groups in total. The molecule has 9 aromatic rings. The molecule has 9 rings (SSSR count). The molecule has 0 aromatic heterocycles. The second-order valence-electron chi connectivity index (χ2n) is 22.0. The molecule has 0 unspecified atom stereocenters. The van der Waals surface area contributed by atoms with Crippen LogP contribution in [0.25, 0.3) is 32.3 Å². The van der Waals surface area contributed by atoms with Gasteiger partial charge in [0.25, 0.3) is 86.6 Å². The number of hydrogen-bond acceptors (Lipinski definition) is 35. The standard InChI is InChI=1S/C55H44N12O33S8/c1-23-10-36(41(99-8-3-9-101(75,76)77)19-34(23)59-61-37-11-24(2)35(20-42(37)100-22-47(69)70)60-63-38-15-27(102(78,79)80)12-25-13-28(103(81,82)83)16-40(68)48(25)38)62-65-51-45(106(90,91)92)17-30-29(53(51)71)5-7-33(55(30)108(96,97)98)58-64-39-21-43(104(84,85)86)31-18-46(107(93,94)95)52(54(72)49(31)50(39)56)66-57-32-6-4-26(67(73)74)14-44(32)105(87,88)89/h4-7,10-21,68,71-72H,3,8-9,22,56H2,1-2H3,(H,69,70)(H,75,76,77)(H,78,79,80)(H,81,82,83)(H,84,85,86)(H,87,88,89)(H,90,91,92)(H,93,94,95)(H,96,97,98). The first kappa shape index (κ1) is 80.8. The summed E-state index contributed by atoms with van der Waals surface area (Å²) in [5.41, 5.74) is -2.80. The van der Waals surface area contributed by atoms with E-state index in [1.807, 2.05) is 0 Å². The summed E-state index contributed by atoms with van der Waals surface area (Å²) in [4.78, 5) is 12.9. The predicted octanol–water partition coefficient (Wildman–Crippen LogP) is 10.3. The second-order valence-corrected chi connectivity index (χ2v) is 33.3. The van der Waals surface area contributed by atoms with Crippen LogP contribution in [-0.4, -0.2) is 154 Å². The summed E-state index contributed by atoms with van der Waals surface area (Å²) >= 11 is 0. The number of nitro groups is 1. The smallest absolute Gasteiger partial charge is 0.341 e. The van der Waals surface area contributed by atoms with Crippen molar-refractivity contribution in [2.24, 2.45) is 51.1 Å². The van der Waals surface area contributed by atoms with Crippen LogP contribution in [0.1, 0.15) is 17.5 Å². The van der Waals surface area contributed by atoms with Gasteiger partial charge in [-0.05, 0) is 104 Å². The van der Waals surface area contributed by atoms with Gasteiger partial charge in [0.15, 0.2) is 18.1 Å². The molecular formula is C55H44N12O33S8. The molecule has 0 atom stereocenters. The van der Waals surface area contributed by atoms with Gasteiger partial charge in [-0.25, -0.2) is 4.79 Å². The van der Waals surface area contributed by atoms with Crippen LogP contribution in [-0.2, 0) is 85.7 Å². The van der Waals surface area contributed by atoms with Crippen molar-refractivity contribution in [2.75, 3.05) is 24.7 Å². The summed E-state index contributed by atoms with van der Waals surface area (Å²) in [5.74, 6) is -7.06. The second kappa shape index (κ2) is 29.5. The maximum Gasteiger partial charge on any atom is 0.341 e. The molecule has 108 heavy (non-hydrogen) atoms. The molecule has 0 aliphatic heterocycles. The average Bonchev–Trinajstić information content (AvgIpc) is 0.742. The molecular weight excluding hydrogens is 1610 g/mol. The van der Waals surface area contributed by atoms with E-state index in [4.69, 9.17) is 15.2 Å². The van der Waals surface area contributed by atoms with Crippen LogP contribution in [0.3, 0.4) is 0 Å². The molecule has 45 nitrogen and oxygen atoms in total. The number of aromatic hydroxyl groups is 3. The van der Waals surface area contributed by atoms with Crippen molar-refractivity contribution in [2.45, 2.75) is 54.5 Å². The minimum atomic E-state index is -5.83. The van der Waals surface area contributed by atoms with Gasteiger partial charge in [0.1, 0.15) is 81.5 Å². The van der Waals surface area contributed by atoms with Gasteiger partial charge >= 0.3 is 5.97 Å². The van der Waals surface area contributed by atoms with Crippen molar-refractivity contribution in [1.29, 1.82) is 0 Å². The van der Waals surface area contributed by atoms with E-state index in [2.05, 4.69) is 51.1 Å². The van der Waals surface area contributed by atoms with Gasteiger partial charge in [0, 0.05) is 46.5 Å². The number of carbonyl (C=O) groups is 1. The molecule has 0 spiro atoms. The number of rotatable bonds is 26. The summed E-state index contributed by atoms with van der Waals surface area (Å²) in [5, 5.41) is 88.6. The van der Waals surface area contributed by atoms with Crippen molar-refractivity contribution in [3.63, 3.8) is 0 Å². The van der Waals surface area contributed by atoms with E-state index < -0.39 is 253 Å². The number of carboxylic acids is 1. The van der Waals surface area contributed by atoms with Gasteiger partial charge in [-0.1, -0.05) is 0 Å². The number of aliphatic carboxylic acids is 1. The Kier molecular flexibility index (Phi) is 22.0. The molecule has 9 aromatic carbocycles. The lowest BCUT2D eigenvalue weighted by atomic mass is 10.0. The number of ether oxygens (including phenoxy) is 2. The monoisotopic (exact) mass is 1660 g/mol. The summed E-state index contributed by atoms with van der Waals surface area (Å²) in [6, 6.07) is 11.0. The van der Waals surface area contributed by atoms with Crippen LogP contribution >= 0.6 is 0 Å². The number of aryl methyl sites for hydroxylation is 2. The molecule has 0 heterocycles. The van der Waals surface area contributed by atoms with E-state index in [0.29, 0.717) is 36.4 Å². The fourth-order valence-electron chi connectivity index (χ4n) is 9.84. The predicted molar refractivity (Wildman–Crippen MR) is 366 cm³/mol. The zero-order chi connectivity index (χ0) is 80.3. The Morgan fingerprint density at radius 2 is 0.907 bits per heavy atom. The third-order valence-electron chi connectivity index (χ3n) is 14.6. The normalized spacial score (nSPS) is 13.2. The van der Waals surface area contributed by atoms with Crippen LogP contribution in [0.15, 0.2) is 182 Å². The Labute approximate surface area is 604 Å². The van der Waals surface area contributed by atoms with E-state index in [-0.39, 0.29) is 51.1 Å². The van der Waals surface area contributed by atoms with E-state index in [0.717, 1.165) is 42.5 Å². The number of anilines is 1. The SMILES string of the molecule is Cc1cc(N=Nc2c(S(=O)(=O)O)cc3c(S(=O)(=O)O)c(N=Nc4cc(S(=O)(=O)O)c5cc(S(=O)(=O)O)c(N=Nc6ccc([N+](=O)[O-])cc6S(=O)(=O)O)c(O)c5c4N)ccc3c2O)c(OCCCS(=O)(=O)O)cc1N=Nc1cc(C)c(N=Nc2cc(S(=O)(=O)O)cc3cc(S(=O)(=O)O)cc(O)c23)cc1OCC(=O)O. The van der Waals surface area contributed by atoms with E-state index in [1.54, 1.807) is 0 Å². The van der Waals surface area contributed by atoms with E-state index in [9.17, 15) is 139 Å². The number of fused-ring (bicyclic) bond motifs is 3. The van der Waals surface area contributed by atoms with E-state index >= 15 is 0 Å². The quantitative estimate of drug-likeness (QED) is 0.00598. The van der Waals surface area contributed by atoms with Crippen molar-refractivity contribution in [1.82, 2.24) is 0 Å². The van der Waals surface area contributed by atoms with Gasteiger partial charge in [0.05, 0.1) is 60.6 Å². The summed E-state index contributed by atoms with van der Waals surface area (Å²) in [6.07, 6.45) is -0.442. The maximum absolute atomic E-state index is 13.3. The molecule has 0 fully saturated rings. The first-order chi connectivity index (χ1) is 49.7. The van der Waals surface area contributed by atoms with Gasteiger partial charge in [-0.15, -0.1) is 40.9 Å². The van der Waals surface area contributed by atoms with Crippen LogP contribution in [0.2, 0.25) is 0 Å².